The summed E-state index contributed by atoms with van der Waals surface area (Å²) in [7, 11) is 0. The molecule has 1 aliphatic rings. The highest BCUT2D eigenvalue weighted by Gasteiger charge is 2.13. The van der Waals surface area contributed by atoms with E-state index in [4.69, 9.17) is 0 Å². The summed E-state index contributed by atoms with van der Waals surface area (Å²) in [4.78, 5) is 0. The quantitative estimate of drug-likeness (QED) is 0.880. The van der Waals surface area contributed by atoms with Gasteiger partial charge in [0, 0.05) is 19.1 Å². The van der Waals surface area contributed by atoms with Crippen LogP contribution in [0.25, 0.3) is 0 Å². The standard InChI is InChI=1S/C11H14BrFN2/c12-10-2-1-8(5-11(10)13)6-15-9-3-4-14-7-9/h1-2,5,9,14-15H,3-4,6-7H2. The maximum Gasteiger partial charge on any atom is 0.137 e. The largest absolute Gasteiger partial charge is 0.315 e. The minimum absolute atomic E-state index is 0.196. The van der Waals surface area contributed by atoms with Crippen LogP contribution in [0.1, 0.15) is 12.0 Å². The van der Waals surface area contributed by atoms with Gasteiger partial charge >= 0.3 is 0 Å². The second-order valence-electron chi connectivity index (χ2n) is 3.82. The van der Waals surface area contributed by atoms with Crippen LogP contribution in [-0.4, -0.2) is 19.1 Å². The molecule has 1 aromatic rings. The lowest BCUT2D eigenvalue weighted by atomic mass is 10.2. The third-order valence-corrected chi connectivity index (χ3v) is 3.28. The second kappa shape index (κ2) is 5.05. The van der Waals surface area contributed by atoms with E-state index in [0.29, 0.717) is 10.5 Å². The Kier molecular flexibility index (Phi) is 3.72. The monoisotopic (exact) mass is 272 g/mol. The fourth-order valence-electron chi connectivity index (χ4n) is 1.74. The topological polar surface area (TPSA) is 24.1 Å². The summed E-state index contributed by atoms with van der Waals surface area (Å²) in [6, 6.07) is 5.78. The van der Waals surface area contributed by atoms with Gasteiger partial charge in [-0.3, -0.25) is 0 Å². The van der Waals surface area contributed by atoms with Crippen molar-refractivity contribution >= 4 is 15.9 Å². The van der Waals surface area contributed by atoms with E-state index in [2.05, 4.69) is 26.6 Å². The van der Waals surface area contributed by atoms with Gasteiger partial charge in [0.2, 0.25) is 0 Å². The maximum atomic E-state index is 13.2. The number of hydrogen-bond donors (Lipinski definition) is 2. The molecule has 1 fully saturated rings. The van der Waals surface area contributed by atoms with Crippen LogP contribution in [0.2, 0.25) is 0 Å². The lowest BCUT2D eigenvalue weighted by Gasteiger charge is -2.11. The molecule has 1 atom stereocenters. The molecule has 1 saturated heterocycles. The van der Waals surface area contributed by atoms with Crippen LogP contribution in [0.3, 0.4) is 0 Å². The van der Waals surface area contributed by atoms with Gasteiger partial charge < -0.3 is 10.6 Å². The van der Waals surface area contributed by atoms with E-state index in [9.17, 15) is 4.39 Å². The first kappa shape index (κ1) is 11.0. The summed E-state index contributed by atoms with van der Waals surface area (Å²) in [5.74, 6) is -0.196. The van der Waals surface area contributed by atoms with Crippen molar-refractivity contribution in [3.05, 3.63) is 34.1 Å². The Morgan fingerprint density at radius 2 is 2.40 bits per heavy atom. The van der Waals surface area contributed by atoms with Crippen LogP contribution in [-0.2, 0) is 6.54 Å². The normalized spacial score (nSPS) is 20.8. The molecule has 4 heteroatoms. The second-order valence-corrected chi connectivity index (χ2v) is 4.67. The van der Waals surface area contributed by atoms with Gasteiger partial charge in [-0.15, -0.1) is 0 Å². The van der Waals surface area contributed by atoms with Crippen molar-refractivity contribution in [1.29, 1.82) is 0 Å². The van der Waals surface area contributed by atoms with Gasteiger partial charge in [0.1, 0.15) is 5.82 Å². The molecule has 0 spiro atoms. The molecule has 2 N–H and O–H groups in total. The van der Waals surface area contributed by atoms with Crippen LogP contribution in [0.5, 0.6) is 0 Å². The van der Waals surface area contributed by atoms with E-state index < -0.39 is 0 Å². The molecule has 1 unspecified atom stereocenters. The lowest BCUT2D eigenvalue weighted by molar-refractivity contribution is 0.544. The van der Waals surface area contributed by atoms with Crippen LogP contribution in [0.4, 0.5) is 4.39 Å². The zero-order valence-electron chi connectivity index (χ0n) is 8.39. The molecule has 1 heterocycles. The van der Waals surface area contributed by atoms with E-state index >= 15 is 0 Å². The zero-order chi connectivity index (χ0) is 10.7. The van der Waals surface area contributed by atoms with Gasteiger partial charge in [0.15, 0.2) is 0 Å². The highest BCUT2D eigenvalue weighted by Crippen LogP contribution is 2.16. The Bertz CT molecular complexity index is 337. The molecule has 1 aromatic carbocycles. The van der Waals surface area contributed by atoms with E-state index in [-0.39, 0.29) is 5.82 Å². The van der Waals surface area contributed by atoms with Crippen molar-refractivity contribution in [3.63, 3.8) is 0 Å². The Morgan fingerprint density at radius 3 is 3.07 bits per heavy atom. The Labute approximate surface area is 97.4 Å². The third kappa shape index (κ3) is 3.00. The van der Waals surface area contributed by atoms with Crippen molar-refractivity contribution in [2.24, 2.45) is 0 Å². The van der Waals surface area contributed by atoms with Gasteiger partial charge in [0.05, 0.1) is 4.47 Å². The maximum absolute atomic E-state index is 13.2. The SMILES string of the molecule is Fc1cc(CNC2CCNC2)ccc1Br. The van der Waals surface area contributed by atoms with E-state index in [1.807, 2.05) is 6.07 Å². The van der Waals surface area contributed by atoms with Crippen LogP contribution < -0.4 is 10.6 Å². The molecule has 15 heavy (non-hydrogen) atoms. The summed E-state index contributed by atoms with van der Waals surface area (Å²) in [5, 5.41) is 6.69. The average molecular weight is 273 g/mol. The van der Waals surface area contributed by atoms with Crippen molar-refractivity contribution in [2.75, 3.05) is 13.1 Å². The number of benzene rings is 1. The average Bonchev–Trinajstić information content (AvgIpc) is 2.73. The molecule has 2 rings (SSSR count). The number of hydrogen-bond acceptors (Lipinski definition) is 2. The number of nitrogens with one attached hydrogen (secondary N) is 2. The molecule has 0 bridgehead atoms. The van der Waals surface area contributed by atoms with Crippen LogP contribution in [0, 0.1) is 5.82 Å². The summed E-state index contributed by atoms with van der Waals surface area (Å²) in [5.41, 5.74) is 0.989. The van der Waals surface area contributed by atoms with Crippen LogP contribution >= 0.6 is 15.9 Å². The Morgan fingerprint density at radius 1 is 1.53 bits per heavy atom. The molecule has 0 amide bonds. The summed E-state index contributed by atoms with van der Waals surface area (Å²) < 4.78 is 13.7. The number of halogens is 2. The first-order chi connectivity index (χ1) is 7.25. The number of rotatable bonds is 3. The molecule has 0 aliphatic carbocycles. The minimum atomic E-state index is -0.196. The highest BCUT2D eigenvalue weighted by atomic mass is 79.9. The third-order valence-electron chi connectivity index (χ3n) is 2.64. The zero-order valence-corrected chi connectivity index (χ0v) is 9.98. The van der Waals surface area contributed by atoms with E-state index in [1.165, 1.54) is 0 Å². The van der Waals surface area contributed by atoms with E-state index in [1.54, 1.807) is 12.1 Å². The molecule has 0 saturated carbocycles. The van der Waals surface area contributed by atoms with Crippen molar-refractivity contribution in [2.45, 2.75) is 19.0 Å². The fraction of sp³-hybridized carbons (Fsp3) is 0.455. The Hall–Kier alpha value is -0.450. The lowest BCUT2D eigenvalue weighted by Crippen LogP contribution is -2.30. The van der Waals surface area contributed by atoms with Gasteiger partial charge in [0.25, 0.3) is 0 Å². The first-order valence-corrected chi connectivity index (χ1v) is 5.93. The highest BCUT2D eigenvalue weighted by molar-refractivity contribution is 9.10. The molecular formula is C11H14BrFN2. The first-order valence-electron chi connectivity index (χ1n) is 5.14. The fourth-order valence-corrected chi connectivity index (χ4v) is 1.99. The Balaban J connectivity index is 1.90. The van der Waals surface area contributed by atoms with Crippen molar-refractivity contribution in [1.82, 2.24) is 10.6 Å². The minimum Gasteiger partial charge on any atom is -0.315 e. The van der Waals surface area contributed by atoms with Crippen molar-refractivity contribution in [3.8, 4) is 0 Å². The predicted molar refractivity (Wildman–Crippen MR) is 62.2 cm³/mol. The molecule has 82 valence electrons. The summed E-state index contributed by atoms with van der Waals surface area (Å²) in [6.45, 7) is 2.82. The van der Waals surface area contributed by atoms with Crippen LogP contribution in [0.15, 0.2) is 22.7 Å². The van der Waals surface area contributed by atoms with Gasteiger partial charge in [-0.25, -0.2) is 4.39 Å². The predicted octanol–water partition coefficient (Wildman–Crippen LogP) is 2.04. The molecular weight excluding hydrogens is 259 g/mol. The molecule has 0 aromatic heterocycles. The summed E-state index contributed by atoms with van der Waals surface area (Å²) in [6.07, 6.45) is 1.15. The van der Waals surface area contributed by atoms with Gasteiger partial charge in [-0.1, -0.05) is 6.07 Å². The van der Waals surface area contributed by atoms with Gasteiger partial charge in [-0.05, 0) is 46.6 Å². The summed E-state index contributed by atoms with van der Waals surface area (Å²) >= 11 is 3.14. The molecule has 0 radical (unpaired) electrons. The van der Waals surface area contributed by atoms with Crippen molar-refractivity contribution < 1.29 is 4.39 Å². The van der Waals surface area contributed by atoms with E-state index in [0.717, 1.165) is 31.6 Å². The smallest absolute Gasteiger partial charge is 0.137 e. The molecule has 2 nitrogen and oxygen atoms in total. The van der Waals surface area contributed by atoms with Gasteiger partial charge in [-0.2, -0.15) is 0 Å². The molecule has 1 aliphatic heterocycles.